The summed E-state index contributed by atoms with van der Waals surface area (Å²) in [5, 5.41) is 0. The van der Waals surface area contributed by atoms with Gasteiger partial charge in [0.15, 0.2) is 11.5 Å². The number of carbonyl (C=O) groups is 1. The lowest BCUT2D eigenvalue weighted by Crippen LogP contribution is -2.26. The van der Waals surface area contributed by atoms with Gasteiger partial charge in [-0.25, -0.2) is 0 Å². The maximum atomic E-state index is 11.8. The highest BCUT2D eigenvalue weighted by Gasteiger charge is 2.19. The SMILES string of the molecule is CCOC(=O)CCN(Cc1ccccc1)Cc1ccc(OC)c(OC)c1OC. The lowest BCUT2D eigenvalue weighted by molar-refractivity contribution is -0.143. The molecule has 0 spiro atoms. The maximum absolute atomic E-state index is 11.8. The molecule has 0 amide bonds. The Hall–Kier alpha value is -2.73. The van der Waals surface area contributed by atoms with E-state index in [1.54, 1.807) is 21.3 Å². The largest absolute Gasteiger partial charge is 0.493 e. The van der Waals surface area contributed by atoms with Crippen LogP contribution in [0.4, 0.5) is 0 Å². The normalized spacial score (nSPS) is 10.6. The van der Waals surface area contributed by atoms with E-state index >= 15 is 0 Å². The van der Waals surface area contributed by atoms with Crippen molar-refractivity contribution < 1.29 is 23.7 Å². The Bertz CT molecular complexity index is 748. The second-order valence-electron chi connectivity index (χ2n) is 6.24. The first-order chi connectivity index (χ1) is 13.6. The zero-order chi connectivity index (χ0) is 20.4. The fourth-order valence-electron chi connectivity index (χ4n) is 3.07. The predicted molar refractivity (Wildman–Crippen MR) is 108 cm³/mol. The zero-order valence-corrected chi connectivity index (χ0v) is 17.1. The van der Waals surface area contributed by atoms with Crippen molar-refractivity contribution in [2.45, 2.75) is 26.4 Å². The van der Waals surface area contributed by atoms with Gasteiger partial charge < -0.3 is 18.9 Å². The molecule has 0 heterocycles. The Kier molecular flexibility index (Phi) is 8.62. The summed E-state index contributed by atoms with van der Waals surface area (Å²) >= 11 is 0. The number of methoxy groups -OCH3 is 3. The van der Waals surface area contributed by atoms with Crippen LogP contribution >= 0.6 is 0 Å². The number of rotatable bonds is 11. The van der Waals surface area contributed by atoms with Gasteiger partial charge in [-0.1, -0.05) is 36.4 Å². The summed E-state index contributed by atoms with van der Waals surface area (Å²) in [6, 6.07) is 14.0. The third kappa shape index (κ3) is 5.89. The molecule has 2 aromatic carbocycles. The second-order valence-corrected chi connectivity index (χ2v) is 6.24. The summed E-state index contributed by atoms with van der Waals surface area (Å²) in [6.45, 7) is 4.08. The highest BCUT2D eigenvalue weighted by atomic mass is 16.5. The molecule has 152 valence electrons. The van der Waals surface area contributed by atoms with Crippen LogP contribution < -0.4 is 14.2 Å². The minimum absolute atomic E-state index is 0.195. The number of nitrogens with zero attached hydrogens (tertiary/aromatic N) is 1. The molecule has 0 N–H and O–H groups in total. The fraction of sp³-hybridized carbons (Fsp3) is 0.409. The zero-order valence-electron chi connectivity index (χ0n) is 17.1. The Morgan fingerprint density at radius 3 is 2.21 bits per heavy atom. The number of benzene rings is 2. The monoisotopic (exact) mass is 387 g/mol. The van der Waals surface area contributed by atoms with Crippen molar-refractivity contribution in [2.75, 3.05) is 34.5 Å². The molecule has 0 aromatic heterocycles. The van der Waals surface area contributed by atoms with E-state index in [9.17, 15) is 4.79 Å². The maximum Gasteiger partial charge on any atom is 0.307 e. The average Bonchev–Trinajstić information content (AvgIpc) is 2.72. The van der Waals surface area contributed by atoms with E-state index in [4.69, 9.17) is 18.9 Å². The fourth-order valence-corrected chi connectivity index (χ4v) is 3.07. The topological polar surface area (TPSA) is 57.2 Å². The molecular formula is C22H29NO5. The van der Waals surface area contributed by atoms with Crippen LogP contribution in [0.25, 0.3) is 0 Å². The van der Waals surface area contributed by atoms with Crippen molar-refractivity contribution >= 4 is 5.97 Å². The highest BCUT2D eigenvalue weighted by Crippen LogP contribution is 2.40. The third-order valence-electron chi connectivity index (χ3n) is 4.37. The third-order valence-corrected chi connectivity index (χ3v) is 4.37. The molecule has 6 heteroatoms. The molecule has 0 atom stereocenters. The summed E-state index contributed by atoms with van der Waals surface area (Å²) in [7, 11) is 4.80. The number of hydrogen-bond donors (Lipinski definition) is 0. The molecule has 0 aliphatic heterocycles. The predicted octanol–water partition coefficient (Wildman–Crippen LogP) is 3.67. The lowest BCUT2D eigenvalue weighted by atomic mass is 10.1. The highest BCUT2D eigenvalue weighted by molar-refractivity contribution is 5.69. The van der Waals surface area contributed by atoms with Crippen LogP contribution in [0.3, 0.4) is 0 Å². The molecule has 0 fully saturated rings. The minimum Gasteiger partial charge on any atom is -0.493 e. The van der Waals surface area contributed by atoms with Gasteiger partial charge >= 0.3 is 5.97 Å². The summed E-state index contributed by atoms with van der Waals surface area (Å²) in [6.07, 6.45) is 0.330. The quantitative estimate of drug-likeness (QED) is 0.549. The van der Waals surface area contributed by atoms with Crippen LogP contribution in [0, 0.1) is 0 Å². The first-order valence-corrected chi connectivity index (χ1v) is 9.32. The average molecular weight is 387 g/mol. The smallest absolute Gasteiger partial charge is 0.307 e. The van der Waals surface area contributed by atoms with Crippen LogP contribution in [0.5, 0.6) is 17.2 Å². The molecule has 2 rings (SSSR count). The van der Waals surface area contributed by atoms with Gasteiger partial charge in [0.1, 0.15) is 0 Å². The minimum atomic E-state index is -0.195. The number of hydrogen-bond acceptors (Lipinski definition) is 6. The van der Waals surface area contributed by atoms with E-state index in [0.29, 0.717) is 49.9 Å². The van der Waals surface area contributed by atoms with Crippen molar-refractivity contribution in [3.05, 3.63) is 53.6 Å². The first kappa shape index (κ1) is 21.6. The van der Waals surface area contributed by atoms with Gasteiger partial charge in [0.25, 0.3) is 0 Å². The van der Waals surface area contributed by atoms with Crippen molar-refractivity contribution in [1.29, 1.82) is 0 Å². The number of ether oxygens (including phenoxy) is 4. The van der Waals surface area contributed by atoms with Gasteiger partial charge in [-0.05, 0) is 18.6 Å². The van der Waals surface area contributed by atoms with Gasteiger partial charge in [-0.3, -0.25) is 9.69 Å². The van der Waals surface area contributed by atoms with Crippen LogP contribution in [0.1, 0.15) is 24.5 Å². The van der Waals surface area contributed by atoms with Crippen molar-refractivity contribution in [2.24, 2.45) is 0 Å². The van der Waals surface area contributed by atoms with Crippen LogP contribution in [0.2, 0.25) is 0 Å². The summed E-state index contributed by atoms with van der Waals surface area (Å²) in [5.41, 5.74) is 2.13. The van der Waals surface area contributed by atoms with Gasteiger partial charge in [0, 0.05) is 25.2 Å². The Morgan fingerprint density at radius 1 is 0.893 bits per heavy atom. The number of esters is 1. The van der Waals surface area contributed by atoms with E-state index in [1.807, 2.05) is 37.3 Å². The Balaban J connectivity index is 2.24. The van der Waals surface area contributed by atoms with Crippen LogP contribution in [-0.2, 0) is 22.6 Å². The molecule has 28 heavy (non-hydrogen) atoms. The molecule has 0 saturated heterocycles. The van der Waals surface area contributed by atoms with Crippen molar-refractivity contribution in [3.8, 4) is 17.2 Å². The van der Waals surface area contributed by atoms with E-state index in [-0.39, 0.29) is 5.97 Å². The lowest BCUT2D eigenvalue weighted by Gasteiger charge is -2.24. The Morgan fingerprint density at radius 2 is 1.61 bits per heavy atom. The summed E-state index contributed by atoms with van der Waals surface area (Å²) in [4.78, 5) is 14.0. The van der Waals surface area contributed by atoms with E-state index < -0.39 is 0 Å². The molecule has 0 aliphatic rings. The molecule has 0 unspecified atom stereocenters. The summed E-state index contributed by atoms with van der Waals surface area (Å²) in [5.74, 6) is 1.62. The van der Waals surface area contributed by atoms with Gasteiger partial charge in [0.05, 0.1) is 34.4 Å². The second kappa shape index (κ2) is 11.2. The van der Waals surface area contributed by atoms with Crippen LogP contribution in [-0.4, -0.2) is 45.4 Å². The first-order valence-electron chi connectivity index (χ1n) is 9.32. The molecule has 6 nitrogen and oxygen atoms in total. The molecule has 0 bridgehead atoms. The molecule has 0 saturated carbocycles. The molecule has 2 aromatic rings. The van der Waals surface area contributed by atoms with E-state index in [2.05, 4.69) is 17.0 Å². The molecule has 0 radical (unpaired) electrons. The van der Waals surface area contributed by atoms with Crippen molar-refractivity contribution in [3.63, 3.8) is 0 Å². The van der Waals surface area contributed by atoms with Gasteiger partial charge in [0.2, 0.25) is 5.75 Å². The summed E-state index contributed by atoms with van der Waals surface area (Å²) < 4.78 is 21.5. The molecular weight excluding hydrogens is 358 g/mol. The van der Waals surface area contributed by atoms with Crippen molar-refractivity contribution in [1.82, 2.24) is 4.90 Å². The number of carbonyl (C=O) groups excluding carboxylic acids is 1. The van der Waals surface area contributed by atoms with Gasteiger partial charge in [-0.2, -0.15) is 0 Å². The van der Waals surface area contributed by atoms with E-state index in [0.717, 1.165) is 5.56 Å². The van der Waals surface area contributed by atoms with E-state index in [1.165, 1.54) is 5.56 Å². The standard InChI is InChI=1S/C22H29NO5/c1-5-28-20(24)13-14-23(15-17-9-7-6-8-10-17)16-18-11-12-19(25-2)22(27-4)21(18)26-3/h6-12H,5,13-16H2,1-4H3. The van der Waals surface area contributed by atoms with Crippen LogP contribution in [0.15, 0.2) is 42.5 Å². The Labute approximate surface area is 167 Å². The molecule has 0 aliphatic carbocycles. The van der Waals surface area contributed by atoms with Gasteiger partial charge in [-0.15, -0.1) is 0 Å².